The van der Waals surface area contributed by atoms with E-state index in [9.17, 15) is 16.8 Å². The second kappa shape index (κ2) is 15.3. The summed E-state index contributed by atoms with van der Waals surface area (Å²) in [6, 6.07) is 41.4. The van der Waals surface area contributed by atoms with Crippen molar-refractivity contribution in [2.45, 2.75) is 9.79 Å². The zero-order valence-corrected chi connectivity index (χ0v) is 28.6. The second-order valence-corrected chi connectivity index (χ2v) is 12.4. The van der Waals surface area contributed by atoms with Crippen LogP contribution in [0.1, 0.15) is 0 Å². The maximum atomic E-state index is 12.4. The average Bonchev–Trinajstić information content (AvgIpc) is 3.07. The Morgan fingerprint density at radius 3 is 1.09 bits per heavy atom. The summed E-state index contributed by atoms with van der Waals surface area (Å²) in [4.78, 5) is 8.86. The first-order valence-corrected chi connectivity index (χ1v) is 16.3. The molecular weight excluding hydrogens is 658 g/mol. The molecule has 0 spiro atoms. The van der Waals surface area contributed by atoms with Gasteiger partial charge in [0.2, 0.25) is 0 Å². The molecule has 0 saturated carbocycles. The second-order valence-electron chi connectivity index (χ2n) is 9.22. The molecule has 6 rings (SSSR count). The molecule has 11 heteroatoms. The predicted molar refractivity (Wildman–Crippen MR) is 173 cm³/mol. The zero-order chi connectivity index (χ0) is 30.8. The SMILES string of the molecule is O=S(=O)([N-]c1ccccc1-c1ccccn1)c1ccccc1.O=S(=O)([N-]c1ccccc1-c1ccccn1)c1ccccc1.[Zn+2]. The third kappa shape index (κ3) is 8.70. The monoisotopic (exact) mass is 682 g/mol. The van der Waals surface area contributed by atoms with Gasteiger partial charge < -0.3 is 9.44 Å². The summed E-state index contributed by atoms with van der Waals surface area (Å²) in [5.74, 6) is 0. The van der Waals surface area contributed by atoms with Gasteiger partial charge in [0.1, 0.15) is 20.0 Å². The number of hydrogen-bond acceptors (Lipinski definition) is 6. The quantitative estimate of drug-likeness (QED) is 0.149. The van der Waals surface area contributed by atoms with E-state index in [-0.39, 0.29) is 29.3 Å². The van der Waals surface area contributed by atoms with Crippen molar-refractivity contribution in [2.24, 2.45) is 0 Å². The molecule has 0 fully saturated rings. The van der Waals surface area contributed by atoms with Crippen molar-refractivity contribution in [3.63, 3.8) is 0 Å². The van der Waals surface area contributed by atoms with E-state index < -0.39 is 20.0 Å². The summed E-state index contributed by atoms with van der Waals surface area (Å²) < 4.78 is 57.5. The third-order valence-corrected chi connectivity index (χ3v) is 8.82. The van der Waals surface area contributed by atoms with E-state index in [0.717, 1.165) is 0 Å². The largest absolute Gasteiger partial charge is 2.00 e. The number of pyridine rings is 2. The molecule has 2 aromatic heterocycles. The van der Waals surface area contributed by atoms with Crippen LogP contribution >= 0.6 is 0 Å². The standard InChI is InChI=1S/2C17H13N2O2S.Zn/c2*20-22(21,14-8-2-1-3-9-14)19-17-12-5-4-10-15(17)16-11-6-7-13-18-16;/h2*1-13H;/q2*-1;+2. The van der Waals surface area contributed by atoms with Crippen LogP contribution < -0.4 is 0 Å². The molecule has 6 aromatic rings. The van der Waals surface area contributed by atoms with Crippen molar-refractivity contribution >= 4 is 31.4 Å². The van der Waals surface area contributed by atoms with Crippen LogP contribution in [0.25, 0.3) is 32.0 Å². The van der Waals surface area contributed by atoms with E-state index in [0.29, 0.717) is 33.9 Å². The van der Waals surface area contributed by atoms with Crippen molar-refractivity contribution in [1.82, 2.24) is 9.97 Å². The first-order valence-electron chi connectivity index (χ1n) is 13.4. The Labute approximate surface area is 276 Å². The Bertz CT molecular complexity index is 1880. The minimum atomic E-state index is -3.75. The molecule has 0 saturated heterocycles. The van der Waals surface area contributed by atoms with Crippen LogP contribution in [0.4, 0.5) is 11.4 Å². The maximum absolute atomic E-state index is 12.4. The molecule has 4 aromatic carbocycles. The van der Waals surface area contributed by atoms with Gasteiger partial charge in [-0.1, -0.05) is 97.1 Å². The van der Waals surface area contributed by atoms with Gasteiger partial charge in [-0.2, -0.15) is 0 Å². The van der Waals surface area contributed by atoms with Gasteiger partial charge >= 0.3 is 19.5 Å². The third-order valence-electron chi connectivity index (χ3n) is 6.21. The van der Waals surface area contributed by atoms with Crippen molar-refractivity contribution in [3.05, 3.63) is 167 Å². The van der Waals surface area contributed by atoms with Gasteiger partial charge in [0, 0.05) is 12.4 Å². The number of sulfonamides is 2. The molecule has 0 aliphatic heterocycles. The molecule has 0 aliphatic rings. The van der Waals surface area contributed by atoms with Gasteiger partial charge in [0.25, 0.3) is 0 Å². The van der Waals surface area contributed by atoms with E-state index >= 15 is 0 Å². The number of hydrogen-bond donors (Lipinski definition) is 0. The van der Waals surface area contributed by atoms with E-state index in [2.05, 4.69) is 19.4 Å². The van der Waals surface area contributed by atoms with Crippen LogP contribution in [0.5, 0.6) is 0 Å². The van der Waals surface area contributed by atoms with Crippen LogP contribution in [0.15, 0.2) is 168 Å². The first kappa shape index (κ1) is 33.2. The van der Waals surface area contributed by atoms with Crippen LogP contribution in [0.3, 0.4) is 0 Å². The molecule has 0 bridgehead atoms. The minimum Gasteiger partial charge on any atom is -0.572 e. The Morgan fingerprint density at radius 1 is 0.400 bits per heavy atom. The van der Waals surface area contributed by atoms with E-state index in [1.54, 1.807) is 73.1 Å². The van der Waals surface area contributed by atoms with Crippen LogP contribution in [-0.4, -0.2) is 26.8 Å². The summed E-state index contributed by atoms with van der Waals surface area (Å²) in [5, 5.41) is 0. The van der Waals surface area contributed by atoms with Gasteiger partial charge in [0.15, 0.2) is 0 Å². The molecule has 8 nitrogen and oxygen atoms in total. The average molecular weight is 684 g/mol. The topological polar surface area (TPSA) is 122 Å². The number of rotatable bonds is 8. The van der Waals surface area contributed by atoms with Crippen molar-refractivity contribution in [1.29, 1.82) is 0 Å². The van der Waals surface area contributed by atoms with Gasteiger partial charge in [-0.05, 0) is 59.7 Å². The summed E-state index contributed by atoms with van der Waals surface area (Å²) in [6.07, 6.45) is 3.33. The fraction of sp³-hybridized carbons (Fsp3) is 0. The van der Waals surface area contributed by atoms with Gasteiger partial charge in [0.05, 0.1) is 21.2 Å². The van der Waals surface area contributed by atoms with Gasteiger partial charge in [-0.25, -0.2) is 16.8 Å². The van der Waals surface area contributed by atoms with Crippen LogP contribution in [-0.2, 0) is 39.5 Å². The van der Waals surface area contributed by atoms with Crippen molar-refractivity contribution in [2.75, 3.05) is 0 Å². The Hall–Kier alpha value is -4.70. The van der Waals surface area contributed by atoms with Gasteiger partial charge in [-0.3, -0.25) is 9.97 Å². The molecule has 0 radical (unpaired) electrons. The van der Waals surface area contributed by atoms with E-state index in [4.69, 9.17) is 0 Å². The molecule has 220 valence electrons. The van der Waals surface area contributed by atoms with Gasteiger partial charge in [-0.15, -0.1) is 11.4 Å². The molecule has 0 atom stereocenters. The van der Waals surface area contributed by atoms with E-state index in [1.165, 1.54) is 24.3 Å². The summed E-state index contributed by atoms with van der Waals surface area (Å²) in [6.45, 7) is 0. The summed E-state index contributed by atoms with van der Waals surface area (Å²) in [7, 11) is -7.49. The molecule has 0 N–H and O–H groups in total. The van der Waals surface area contributed by atoms with E-state index in [1.807, 2.05) is 60.7 Å². The summed E-state index contributed by atoms with van der Waals surface area (Å²) in [5.41, 5.74) is 3.50. The fourth-order valence-corrected chi connectivity index (χ4v) is 6.18. The molecule has 0 unspecified atom stereocenters. The molecule has 0 aliphatic carbocycles. The minimum absolute atomic E-state index is 0. The van der Waals surface area contributed by atoms with Crippen LogP contribution in [0.2, 0.25) is 0 Å². The maximum Gasteiger partial charge on any atom is 2.00 e. The number of nitrogens with zero attached hydrogens (tertiary/aromatic N) is 4. The first-order chi connectivity index (χ1) is 21.3. The number of aromatic nitrogens is 2. The molecule has 45 heavy (non-hydrogen) atoms. The molecular formula is C34H26N4O4S2Zn. The smallest absolute Gasteiger partial charge is 0.572 e. The Balaban J connectivity index is 0.000000200. The Morgan fingerprint density at radius 2 is 0.733 bits per heavy atom. The normalized spacial score (nSPS) is 10.8. The van der Waals surface area contributed by atoms with Crippen molar-refractivity contribution in [3.8, 4) is 22.5 Å². The zero-order valence-electron chi connectivity index (χ0n) is 24.0. The summed E-state index contributed by atoms with van der Waals surface area (Å²) >= 11 is 0. The predicted octanol–water partition coefficient (Wildman–Crippen LogP) is 8.28. The fourth-order valence-electron chi connectivity index (χ4n) is 4.13. The van der Waals surface area contributed by atoms with Crippen molar-refractivity contribution < 1.29 is 36.3 Å². The Kier molecular flexibility index (Phi) is 11.3. The molecule has 0 amide bonds. The molecule has 2 heterocycles. The van der Waals surface area contributed by atoms with Crippen LogP contribution in [0, 0.1) is 0 Å². The number of benzene rings is 4.